The normalized spacial score (nSPS) is 20.1. The number of aliphatic carboxylic acids is 1. The fourth-order valence-electron chi connectivity index (χ4n) is 5.11. The van der Waals surface area contributed by atoms with E-state index in [4.69, 9.17) is 5.11 Å². The van der Waals surface area contributed by atoms with Crippen molar-refractivity contribution in [2.24, 2.45) is 0 Å². The maximum absolute atomic E-state index is 13.7. The summed E-state index contributed by atoms with van der Waals surface area (Å²) in [6.45, 7) is 0.220. The predicted molar refractivity (Wildman–Crippen MR) is 141 cm³/mol. The monoisotopic (exact) mass is 537 g/mol. The second-order valence-electron chi connectivity index (χ2n) is 9.84. The van der Waals surface area contributed by atoms with Crippen LogP contribution in [-0.4, -0.2) is 89.8 Å². The maximum Gasteiger partial charge on any atom is 0.305 e. The molecule has 0 aliphatic carbocycles. The lowest BCUT2D eigenvalue weighted by atomic mass is 10.0. The van der Waals surface area contributed by atoms with Gasteiger partial charge in [0.2, 0.25) is 11.8 Å². The van der Waals surface area contributed by atoms with E-state index < -0.39 is 48.2 Å². The highest BCUT2D eigenvalue weighted by atomic mass is 16.4. The summed E-state index contributed by atoms with van der Waals surface area (Å²) in [5, 5.41) is 18.0. The smallest absolute Gasteiger partial charge is 0.305 e. The SMILES string of the molecule is CN(C)c1ccc(C(=O)N[C@H]2CCC(=O)N3CCC[C@@H](C(=O)N[C@H](C=O)CC(=O)O)N3C2=O)c2ccccc12. The molecule has 12 nitrogen and oxygen atoms in total. The van der Waals surface area contributed by atoms with Crippen molar-refractivity contribution >= 4 is 52.3 Å². The number of rotatable bonds is 8. The molecule has 2 heterocycles. The average Bonchev–Trinajstić information content (AvgIpc) is 3.03. The van der Waals surface area contributed by atoms with Crippen LogP contribution in [0.2, 0.25) is 0 Å². The number of fused-ring (bicyclic) bond motifs is 2. The van der Waals surface area contributed by atoms with Gasteiger partial charge in [0.1, 0.15) is 18.4 Å². The zero-order valence-corrected chi connectivity index (χ0v) is 21.8. The first-order chi connectivity index (χ1) is 18.6. The van der Waals surface area contributed by atoms with Crippen LogP contribution in [0.25, 0.3) is 10.8 Å². The molecule has 0 unspecified atom stereocenters. The Bertz CT molecular complexity index is 1330. The van der Waals surface area contributed by atoms with Crippen LogP contribution in [0.15, 0.2) is 36.4 Å². The lowest BCUT2D eigenvalue weighted by Crippen LogP contribution is -2.64. The number of carboxylic acid groups (broad SMARTS) is 1. The van der Waals surface area contributed by atoms with Gasteiger partial charge in [-0.2, -0.15) is 0 Å². The van der Waals surface area contributed by atoms with Crippen molar-refractivity contribution in [3.05, 3.63) is 42.0 Å². The minimum atomic E-state index is -1.28. The molecule has 3 N–H and O–H groups in total. The Balaban J connectivity index is 1.60. The van der Waals surface area contributed by atoms with E-state index >= 15 is 0 Å². The number of hydrogen-bond acceptors (Lipinski definition) is 7. The Kier molecular flexibility index (Phi) is 8.12. The Morgan fingerprint density at radius 2 is 1.82 bits per heavy atom. The summed E-state index contributed by atoms with van der Waals surface area (Å²) < 4.78 is 0. The van der Waals surface area contributed by atoms with Crippen LogP contribution < -0.4 is 15.5 Å². The molecule has 2 fully saturated rings. The van der Waals surface area contributed by atoms with Crippen molar-refractivity contribution in [1.29, 1.82) is 0 Å². The van der Waals surface area contributed by atoms with Gasteiger partial charge in [-0.1, -0.05) is 24.3 Å². The van der Waals surface area contributed by atoms with Crippen LogP contribution in [0.1, 0.15) is 42.5 Å². The summed E-state index contributed by atoms with van der Waals surface area (Å²) in [5.74, 6) is -3.49. The highest BCUT2D eigenvalue weighted by Gasteiger charge is 2.45. The number of hydrogen-bond donors (Lipinski definition) is 3. The number of carbonyl (C=O) groups excluding carboxylic acids is 5. The van der Waals surface area contributed by atoms with Gasteiger partial charge in [0.05, 0.1) is 12.5 Å². The summed E-state index contributed by atoms with van der Waals surface area (Å²) >= 11 is 0. The van der Waals surface area contributed by atoms with E-state index in [1.54, 1.807) is 6.07 Å². The molecule has 4 rings (SSSR count). The van der Waals surface area contributed by atoms with E-state index in [2.05, 4.69) is 10.6 Å². The van der Waals surface area contributed by atoms with Gasteiger partial charge in [0.25, 0.3) is 11.8 Å². The Morgan fingerprint density at radius 3 is 2.49 bits per heavy atom. The first kappa shape index (κ1) is 27.6. The number of amides is 4. The van der Waals surface area contributed by atoms with E-state index in [1.807, 2.05) is 49.3 Å². The maximum atomic E-state index is 13.7. The van der Waals surface area contributed by atoms with E-state index in [1.165, 1.54) is 5.01 Å². The zero-order valence-electron chi connectivity index (χ0n) is 21.8. The summed E-state index contributed by atoms with van der Waals surface area (Å²) in [5.41, 5.74) is 1.29. The first-order valence-electron chi connectivity index (χ1n) is 12.7. The molecule has 2 aliphatic heterocycles. The zero-order chi connectivity index (χ0) is 28.3. The van der Waals surface area contributed by atoms with Crippen LogP contribution in [0.3, 0.4) is 0 Å². The molecule has 2 aliphatic rings. The molecule has 206 valence electrons. The standard InChI is InChI=1S/C27H31N5O7/c1-30(2)21-11-9-19(17-6-3-4-7-18(17)21)25(37)29-20-10-12-23(34)31-13-5-8-22(32(31)27(20)39)26(38)28-16(15-33)14-24(35)36/h3-4,6-7,9,11,15-16,20,22H,5,8,10,12-14H2,1-2H3,(H,28,38)(H,29,37)(H,35,36)/t16-,20-,22-/m0/s1. The molecule has 0 saturated carbocycles. The van der Waals surface area contributed by atoms with Crippen molar-refractivity contribution in [3.63, 3.8) is 0 Å². The summed E-state index contributed by atoms with van der Waals surface area (Å²) in [6.07, 6.45) is 0.373. The third kappa shape index (κ3) is 5.69. The van der Waals surface area contributed by atoms with Crippen molar-refractivity contribution in [2.45, 2.75) is 50.2 Å². The second kappa shape index (κ2) is 11.5. The third-order valence-corrected chi connectivity index (χ3v) is 6.98. The van der Waals surface area contributed by atoms with E-state index in [-0.39, 0.29) is 31.7 Å². The Morgan fingerprint density at radius 1 is 1.10 bits per heavy atom. The highest BCUT2D eigenvalue weighted by Crippen LogP contribution is 2.29. The van der Waals surface area contributed by atoms with E-state index in [0.29, 0.717) is 23.7 Å². The minimum Gasteiger partial charge on any atom is -0.481 e. The summed E-state index contributed by atoms with van der Waals surface area (Å²) in [6, 6.07) is 7.44. The lowest BCUT2D eigenvalue weighted by molar-refractivity contribution is -0.176. The summed E-state index contributed by atoms with van der Waals surface area (Å²) in [7, 11) is 3.80. The predicted octanol–water partition coefficient (Wildman–Crippen LogP) is 0.691. The van der Waals surface area contributed by atoms with Gasteiger partial charge >= 0.3 is 5.97 Å². The van der Waals surface area contributed by atoms with Crippen molar-refractivity contribution in [3.8, 4) is 0 Å². The number of hydrazine groups is 1. The quantitative estimate of drug-likeness (QED) is 0.415. The van der Waals surface area contributed by atoms with Crippen molar-refractivity contribution < 1.29 is 33.9 Å². The molecule has 4 amide bonds. The van der Waals surface area contributed by atoms with Gasteiger partial charge in [0, 0.05) is 43.7 Å². The number of carboxylic acids is 1. The number of benzene rings is 2. The molecule has 3 atom stereocenters. The Hall–Kier alpha value is -4.48. The fraction of sp³-hybridized carbons (Fsp3) is 0.407. The van der Waals surface area contributed by atoms with Gasteiger partial charge < -0.3 is 25.4 Å². The number of nitrogens with one attached hydrogen (secondary N) is 2. The molecule has 0 aromatic heterocycles. The number of nitrogens with zero attached hydrogens (tertiary/aromatic N) is 3. The van der Waals surface area contributed by atoms with E-state index in [0.717, 1.165) is 16.1 Å². The lowest BCUT2D eigenvalue weighted by Gasteiger charge is -2.43. The molecule has 0 radical (unpaired) electrons. The highest BCUT2D eigenvalue weighted by molar-refractivity contribution is 6.11. The Labute approximate surface area is 224 Å². The summed E-state index contributed by atoms with van der Waals surface area (Å²) in [4.78, 5) is 77.4. The fourth-order valence-corrected chi connectivity index (χ4v) is 5.11. The van der Waals surface area contributed by atoms with Crippen LogP contribution in [-0.2, 0) is 24.0 Å². The minimum absolute atomic E-state index is 0.0161. The van der Waals surface area contributed by atoms with Crippen LogP contribution in [0.4, 0.5) is 5.69 Å². The molecular formula is C27H31N5O7. The van der Waals surface area contributed by atoms with Crippen LogP contribution in [0.5, 0.6) is 0 Å². The van der Waals surface area contributed by atoms with Crippen LogP contribution in [0, 0.1) is 0 Å². The first-order valence-corrected chi connectivity index (χ1v) is 12.7. The molecule has 0 bridgehead atoms. The van der Waals surface area contributed by atoms with Gasteiger partial charge in [0.15, 0.2) is 0 Å². The number of carbonyl (C=O) groups is 6. The van der Waals surface area contributed by atoms with Crippen LogP contribution >= 0.6 is 0 Å². The van der Waals surface area contributed by atoms with Gasteiger partial charge in [-0.3, -0.25) is 29.0 Å². The molecule has 2 saturated heterocycles. The molecular weight excluding hydrogens is 506 g/mol. The molecule has 12 heteroatoms. The second-order valence-corrected chi connectivity index (χ2v) is 9.84. The van der Waals surface area contributed by atoms with Gasteiger partial charge in [-0.05, 0) is 36.8 Å². The topological polar surface area (TPSA) is 156 Å². The molecule has 0 spiro atoms. The number of anilines is 1. The largest absolute Gasteiger partial charge is 0.481 e. The van der Waals surface area contributed by atoms with Gasteiger partial charge in [-0.15, -0.1) is 0 Å². The van der Waals surface area contributed by atoms with Crippen molar-refractivity contribution in [1.82, 2.24) is 20.7 Å². The van der Waals surface area contributed by atoms with Gasteiger partial charge in [-0.25, -0.2) is 5.01 Å². The number of aldehydes is 1. The molecule has 2 aromatic rings. The van der Waals surface area contributed by atoms with Crippen molar-refractivity contribution in [2.75, 3.05) is 25.5 Å². The average molecular weight is 538 g/mol. The third-order valence-electron chi connectivity index (χ3n) is 6.98. The van der Waals surface area contributed by atoms with E-state index in [9.17, 15) is 28.8 Å². The molecule has 2 aromatic carbocycles. The molecule has 39 heavy (non-hydrogen) atoms.